The van der Waals surface area contributed by atoms with Gasteiger partial charge in [0, 0.05) is 18.0 Å². The van der Waals surface area contributed by atoms with Gasteiger partial charge >= 0.3 is 0 Å². The molecule has 0 aliphatic rings. The largest absolute Gasteiger partial charge is 0.326 e. The Balaban J connectivity index is 2.80. The Kier molecular flexibility index (Phi) is 5.33. The lowest BCUT2D eigenvalue weighted by atomic mass is 9.99. The SMILES string of the molecule is Cc1cc(S(=O)(=O)NCC(C)C(C)C)sc1CN. The third-order valence-electron chi connectivity index (χ3n) is 3.18. The number of rotatable bonds is 6. The van der Waals surface area contributed by atoms with Crippen LogP contribution in [-0.2, 0) is 16.6 Å². The van der Waals surface area contributed by atoms with Gasteiger partial charge in [0.1, 0.15) is 4.21 Å². The molecule has 1 aromatic rings. The van der Waals surface area contributed by atoms with E-state index in [1.54, 1.807) is 6.07 Å². The van der Waals surface area contributed by atoms with E-state index in [9.17, 15) is 8.42 Å². The molecule has 104 valence electrons. The molecule has 6 heteroatoms. The van der Waals surface area contributed by atoms with E-state index in [1.807, 2.05) is 13.8 Å². The first-order valence-corrected chi connectivity index (χ1v) is 8.37. The van der Waals surface area contributed by atoms with Crippen molar-refractivity contribution in [3.8, 4) is 0 Å². The fourth-order valence-electron chi connectivity index (χ4n) is 1.37. The molecule has 0 fully saturated rings. The summed E-state index contributed by atoms with van der Waals surface area (Å²) in [4.78, 5) is 0.923. The highest BCUT2D eigenvalue weighted by Gasteiger charge is 2.19. The molecule has 0 saturated carbocycles. The van der Waals surface area contributed by atoms with Gasteiger partial charge in [0.2, 0.25) is 10.0 Å². The van der Waals surface area contributed by atoms with Crippen molar-refractivity contribution in [1.29, 1.82) is 0 Å². The van der Waals surface area contributed by atoms with Crippen LogP contribution in [0.5, 0.6) is 0 Å². The normalized spacial score (nSPS) is 14.1. The summed E-state index contributed by atoms with van der Waals surface area (Å²) in [6, 6.07) is 1.69. The standard InChI is InChI=1S/C12H22N2O2S2/c1-8(2)10(4)7-14-18(15,16)12-5-9(3)11(6-13)17-12/h5,8,10,14H,6-7,13H2,1-4H3. The number of nitrogens with two attached hydrogens (primary N) is 1. The van der Waals surface area contributed by atoms with E-state index < -0.39 is 10.0 Å². The van der Waals surface area contributed by atoms with Crippen molar-refractivity contribution in [3.05, 3.63) is 16.5 Å². The summed E-state index contributed by atoms with van der Waals surface area (Å²) in [6.45, 7) is 8.94. The average molecular weight is 290 g/mol. The zero-order valence-corrected chi connectivity index (χ0v) is 13.0. The van der Waals surface area contributed by atoms with Gasteiger partial charge in [0.05, 0.1) is 0 Å². The van der Waals surface area contributed by atoms with Crippen molar-refractivity contribution >= 4 is 21.4 Å². The summed E-state index contributed by atoms with van der Waals surface area (Å²) in [6.07, 6.45) is 0. The molecule has 18 heavy (non-hydrogen) atoms. The second-order valence-corrected chi connectivity index (χ2v) is 8.08. The van der Waals surface area contributed by atoms with E-state index >= 15 is 0 Å². The molecule has 1 heterocycles. The van der Waals surface area contributed by atoms with Gasteiger partial charge in [-0.05, 0) is 30.4 Å². The second-order valence-electron chi connectivity index (χ2n) is 4.95. The van der Waals surface area contributed by atoms with Crippen LogP contribution in [0.4, 0.5) is 0 Å². The van der Waals surface area contributed by atoms with Gasteiger partial charge in [-0.15, -0.1) is 11.3 Å². The highest BCUT2D eigenvalue weighted by molar-refractivity contribution is 7.91. The van der Waals surface area contributed by atoms with Gasteiger partial charge in [0.25, 0.3) is 0 Å². The quantitative estimate of drug-likeness (QED) is 0.842. The van der Waals surface area contributed by atoms with Gasteiger partial charge in [-0.2, -0.15) is 0 Å². The predicted molar refractivity (Wildman–Crippen MR) is 76.1 cm³/mol. The van der Waals surface area contributed by atoms with Gasteiger partial charge in [-0.3, -0.25) is 0 Å². The first-order valence-electron chi connectivity index (χ1n) is 6.07. The van der Waals surface area contributed by atoms with Crippen LogP contribution >= 0.6 is 11.3 Å². The van der Waals surface area contributed by atoms with Crippen LogP contribution in [0, 0.1) is 18.8 Å². The van der Waals surface area contributed by atoms with Gasteiger partial charge in [-0.1, -0.05) is 20.8 Å². The summed E-state index contributed by atoms with van der Waals surface area (Å²) in [7, 11) is -3.39. The first kappa shape index (κ1) is 15.6. The van der Waals surface area contributed by atoms with E-state index in [4.69, 9.17) is 5.73 Å². The number of aryl methyl sites for hydroxylation is 1. The summed E-state index contributed by atoms with van der Waals surface area (Å²) in [5.41, 5.74) is 6.51. The minimum atomic E-state index is -3.39. The van der Waals surface area contributed by atoms with Crippen molar-refractivity contribution in [3.63, 3.8) is 0 Å². The molecular weight excluding hydrogens is 268 g/mol. The summed E-state index contributed by atoms with van der Waals surface area (Å²) in [5, 5.41) is 0. The van der Waals surface area contributed by atoms with E-state index in [1.165, 1.54) is 11.3 Å². The maximum Gasteiger partial charge on any atom is 0.250 e. The summed E-state index contributed by atoms with van der Waals surface area (Å²) >= 11 is 1.25. The molecule has 1 aromatic heterocycles. The number of nitrogens with one attached hydrogen (secondary N) is 1. The summed E-state index contributed by atoms with van der Waals surface area (Å²) in [5.74, 6) is 0.771. The van der Waals surface area contributed by atoms with Crippen LogP contribution in [0.2, 0.25) is 0 Å². The third kappa shape index (κ3) is 3.78. The highest BCUT2D eigenvalue weighted by atomic mass is 32.2. The molecule has 1 atom stereocenters. The topological polar surface area (TPSA) is 72.2 Å². The van der Waals surface area contributed by atoms with Crippen molar-refractivity contribution in [2.24, 2.45) is 17.6 Å². The second kappa shape index (κ2) is 6.14. The van der Waals surface area contributed by atoms with Crippen LogP contribution in [0.25, 0.3) is 0 Å². The maximum absolute atomic E-state index is 12.1. The molecule has 0 spiro atoms. The van der Waals surface area contributed by atoms with Crippen molar-refractivity contribution in [2.45, 2.75) is 38.4 Å². The minimum absolute atomic E-state index is 0.315. The van der Waals surface area contributed by atoms with Gasteiger partial charge < -0.3 is 5.73 Å². The molecule has 0 radical (unpaired) electrons. The zero-order valence-electron chi connectivity index (χ0n) is 11.4. The maximum atomic E-state index is 12.1. The molecular formula is C12H22N2O2S2. The molecule has 1 rings (SSSR count). The molecule has 0 bridgehead atoms. The Bertz CT molecular complexity index is 492. The predicted octanol–water partition coefficient (Wildman–Crippen LogP) is 2.09. The molecule has 0 saturated heterocycles. The van der Waals surface area contributed by atoms with Crippen molar-refractivity contribution in [1.82, 2.24) is 4.72 Å². The molecule has 0 aromatic carbocycles. The van der Waals surface area contributed by atoms with E-state index in [0.29, 0.717) is 29.1 Å². The molecule has 3 N–H and O–H groups in total. The molecule has 4 nitrogen and oxygen atoms in total. The average Bonchev–Trinajstić information content (AvgIpc) is 2.68. The lowest BCUT2D eigenvalue weighted by Crippen LogP contribution is -2.29. The van der Waals surface area contributed by atoms with Crippen LogP contribution in [0.3, 0.4) is 0 Å². The summed E-state index contributed by atoms with van der Waals surface area (Å²) < 4.78 is 27.2. The Labute approximate surface area is 114 Å². The number of hydrogen-bond acceptors (Lipinski definition) is 4. The van der Waals surface area contributed by atoms with Crippen LogP contribution < -0.4 is 10.5 Å². The fraction of sp³-hybridized carbons (Fsp3) is 0.667. The number of sulfonamides is 1. The Morgan fingerprint density at radius 2 is 2.00 bits per heavy atom. The lowest BCUT2D eigenvalue weighted by Gasteiger charge is -2.15. The molecule has 0 amide bonds. The van der Waals surface area contributed by atoms with E-state index in [0.717, 1.165) is 10.4 Å². The van der Waals surface area contributed by atoms with Crippen molar-refractivity contribution < 1.29 is 8.42 Å². The van der Waals surface area contributed by atoms with Crippen molar-refractivity contribution in [2.75, 3.05) is 6.54 Å². The smallest absolute Gasteiger partial charge is 0.250 e. The monoisotopic (exact) mass is 290 g/mol. The zero-order chi connectivity index (χ0) is 13.9. The molecule has 0 aliphatic carbocycles. The number of thiophene rings is 1. The van der Waals surface area contributed by atoms with Crippen LogP contribution in [0.15, 0.2) is 10.3 Å². The first-order chi connectivity index (χ1) is 8.27. The Morgan fingerprint density at radius 1 is 1.39 bits per heavy atom. The van der Waals surface area contributed by atoms with E-state index in [-0.39, 0.29) is 0 Å². The van der Waals surface area contributed by atoms with Crippen LogP contribution in [0.1, 0.15) is 31.2 Å². The number of hydrogen-bond donors (Lipinski definition) is 2. The Hall–Kier alpha value is -0.430. The highest BCUT2D eigenvalue weighted by Crippen LogP contribution is 2.25. The van der Waals surface area contributed by atoms with E-state index in [2.05, 4.69) is 18.6 Å². The Morgan fingerprint density at radius 3 is 2.44 bits per heavy atom. The van der Waals surface area contributed by atoms with Gasteiger partial charge in [-0.25, -0.2) is 13.1 Å². The van der Waals surface area contributed by atoms with Crippen LogP contribution in [-0.4, -0.2) is 15.0 Å². The third-order valence-corrected chi connectivity index (χ3v) is 6.34. The van der Waals surface area contributed by atoms with Gasteiger partial charge in [0.15, 0.2) is 0 Å². The lowest BCUT2D eigenvalue weighted by molar-refractivity contribution is 0.415. The fourth-order valence-corrected chi connectivity index (χ4v) is 4.03. The molecule has 0 aliphatic heterocycles. The molecule has 1 unspecified atom stereocenters. The minimum Gasteiger partial charge on any atom is -0.326 e.